The minimum absolute atomic E-state index is 0.268. The van der Waals surface area contributed by atoms with Crippen LogP contribution in [0, 0.1) is 20.8 Å². The molecule has 7 nitrogen and oxygen atoms in total. The molecule has 1 aromatic carbocycles. The van der Waals surface area contributed by atoms with Gasteiger partial charge in [0.2, 0.25) is 0 Å². The van der Waals surface area contributed by atoms with E-state index in [1.807, 2.05) is 56.6 Å². The number of ether oxygens (including phenoxy) is 1. The number of carbonyl (C=O) groups excluding carboxylic acids is 2. The number of aromatic nitrogens is 3. The van der Waals surface area contributed by atoms with E-state index in [1.54, 1.807) is 19.2 Å². The summed E-state index contributed by atoms with van der Waals surface area (Å²) in [6.07, 6.45) is 1.78. The third kappa shape index (κ3) is 4.14. The number of rotatable bonds is 6. The number of thiophene rings is 1. The second kappa shape index (κ2) is 9.15. The Labute approximate surface area is 196 Å². The number of amides is 1. The van der Waals surface area contributed by atoms with Crippen LogP contribution < -0.4 is 5.32 Å². The first-order valence-corrected chi connectivity index (χ1v) is 11.7. The van der Waals surface area contributed by atoms with Gasteiger partial charge in [0.15, 0.2) is 0 Å². The molecule has 0 aliphatic heterocycles. The number of hydrogen-bond donors (Lipinski definition) is 1. The van der Waals surface area contributed by atoms with Crippen molar-refractivity contribution in [2.75, 3.05) is 11.9 Å². The molecule has 0 aliphatic rings. The Kier molecular flexibility index (Phi) is 6.29. The molecule has 8 heteroatoms. The molecule has 3 aromatic heterocycles. The molecule has 1 N–H and O–H groups in total. The predicted octanol–water partition coefficient (Wildman–Crippen LogP) is 5.53. The fraction of sp³-hybridized carbons (Fsp3) is 0.280. The summed E-state index contributed by atoms with van der Waals surface area (Å²) in [6.45, 7) is 10.6. The van der Waals surface area contributed by atoms with Gasteiger partial charge in [0, 0.05) is 28.1 Å². The van der Waals surface area contributed by atoms with Gasteiger partial charge in [-0.1, -0.05) is 18.2 Å². The SMILES string of the molecule is CCOC(=O)c1c(NC(=O)c2cc(-c3cnn(CC)c3C)nc3ccccc23)sc(C)c1C. The van der Waals surface area contributed by atoms with Crippen molar-refractivity contribution in [2.24, 2.45) is 0 Å². The van der Waals surface area contributed by atoms with Crippen LogP contribution in [0.1, 0.15) is 50.7 Å². The lowest BCUT2D eigenvalue weighted by Gasteiger charge is -2.11. The minimum Gasteiger partial charge on any atom is -0.462 e. The van der Waals surface area contributed by atoms with Crippen LogP contribution in [0.25, 0.3) is 22.2 Å². The number of esters is 1. The number of anilines is 1. The Hall–Kier alpha value is -3.52. The fourth-order valence-electron chi connectivity index (χ4n) is 3.85. The molecule has 4 aromatic rings. The molecule has 0 saturated heterocycles. The molecule has 33 heavy (non-hydrogen) atoms. The molecular formula is C25H26N4O3S. The smallest absolute Gasteiger partial charge is 0.341 e. The second-order valence-corrected chi connectivity index (χ2v) is 8.92. The van der Waals surface area contributed by atoms with E-state index in [4.69, 9.17) is 9.72 Å². The molecule has 0 bridgehead atoms. The van der Waals surface area contributed by atoms with Gasteiger partial charge in [0.25, 0.3) is 5.91 Å². The van der Waals surface area contributed by atoms with Crippen molar-refractivity contribution in [2.45, 2.75) is 41.2 Å². The van der Waals surface area contributed by atoms with Crippen LogP contribution in [0.2, 0.25) is 0 Å². The van der Waals surface area contributed by atoms with Gasteiger partial charge >= 0.3 is 5.97 Å². The van der Waals surface area contributed by atoms with Gasteiger partial charge in [-0.25, -0.2) is 9.78 Å². The molecule has 0 radical (unpaired) electrons. The van der Waals surface area contributed by atoms with E-state index in [9.17, 15) is 9.59 Å². The van der Waals surface area contributed by atoms with E-state index in [2.05, 4.69) is 10.4 Å². The molecule has 170 valence electrons. The molecule has 0 saturated carbocycles. The molecule has 0 spiro atoms. The molecule has 0 unspecified atom stereocenters. The first-order valence-electron chi connectivity index (χ1n) is 10.9. The van der Waals surface area contributed by atoms with Crippen molar-refractivity contribution in [1.29, 1.82) is 0 Å². The third-order valence-corrected chi connectivity index (χ3v) is 6.85. The van der Waals surface area contributed by atoms with Crippen LogP contribution in [0.4, 0.5) is 5.00 Å². The monoisotopic (exact) mass is 462 g/mol. The highest BCUT2D eigenvalue weighted by Gasteiger charge is 2.24. The number of benzene rings is 1. The summed E-state index contributed by atoms with van der Waals surface area (Å²) >= 11 is 1.37. The molecule has 3 heterocycles. The zero-order valence-electron chi connectivity index (χ0n) is 19.4. The summed E-state index contributed by atoms with van der Waals surface area (Å²) in [6, 6.07) is 9.33. The average molecular weight is 463 g/mol. The van der Waals surface area contributed by atoms with Gasteiger partial charge in [0.1, 0.15) is 5.00 Å². The standard InChI is InChI=1S/C25H26N4O3S/c1-6-29-15(4)19(13-26-29)21-12-18(17-10-8-9-11-20(17)27-21)23(30)28-24-22(25(31)32-7-2)14(3)16(5)33-24/h8-13H,6-7H2,1-5H3,(H,28,30). The number of aryl methyl sites for hydroxylation is 2. The van der Waals surface area contributed by atoms with Gasteiger partial charge in [-0.05, 0) is 52.3 Å². The average Bonchev–Trinajstić information content (AvgIpc) is 3.31. The van der Waals surface area contributed by atoms with Crippen LogP contribution in [-0.4, -0.2) is 33.2 Å². The summed E-state index contributed by atoms with van der Waals surface area (Å²) in [5, 5.41) is 8.61. The van der Waals surface area contributed by atoms with Crippen LogP contribution in [0.5, 0.6) is 0 Å². The third-order valence-electron chi connectivity index (χ3n) is 5.73. The number of pyridine rings is 1. The lowest BCUT2D eigenvalue weighted by atomic mass is 10.0. The maximum Gasteiger partial charge on any atom is 0.341 e. The summed E-state index contributed by atoms with van der Waals surface area (Å²) < 4.78 is 7.12. The van der Waals surface area contributed by atoms with E-state index in [0.29, 0.717) is 27.3 Å². The first-order chi connectivity index (χ1) is 15.8. The van der Waals surface area contributed by atoms with E-state index >= 15 is 0 Å². The Balaban J connectivity index is 1.80. The molecule has 0 atom stereocenters. The van der Waals surface area contributed by atoms with Crippen molar-refractivity contribution in [3.05, 3.63) is 63.8 Å². The Bertz CT molecular complexity index is 1370. The lowest BCUT2D eigenvalue weighted by molar-refractivity contribution is 0.0527. The number of carbonyl (C=O) groups is 2. The van der Waals surface area contributed by atoms with E-state index < -0.39 is 5.97 Å². The summed E-state index contributed by atoms with van der Waals surface area (Å²) in [5.74, 6) is -0.736. The molecule has 0 fully saturated rings. The minimum atomic E-state index is -0.433. The van der Waals surface area contributed by atoms with E-state index in [-0.39, 0.29) is 12.5 Å². The van der Waals surface area contributed by atoms with Crippen molar-refractivity contribution >= 4 is 39.1 Å². The number of nitrogens with one attached hydrogen (secondary N) is 1. The zero-order valence-corrected chi connectivity index (χ0v) is 20.2. The second-order valence-electron chi connectivity index (χ2n) is 7.69. The Morgan fingerprint density at radius 1 is 1.15 bits per heavy atom. The van der Waals surface area contributed by atoms with Gasteiger partial charge in [-0.2, -0.15) is 5.10 Å². The lowest BCUT2D eigenvalue weighted by Crippen LogP contribution is -2.15. The van der Waals surface area contributed by atoms with Crippen molar-refractivity contribution in [1.82, 2.24) is 14.8 Å². The van der Waals surface area contributed by atoms with Crippen LogP contribution in [-0.2, 0) is 11.3 Å². The highest BCUT2D eigenvalue weighted by Crippen LogP contribution is 2.34. The summed E-state index contributed by atoms with van der Waals surface area (Å²) in [7, 11) is 0. The number of hydrogen-bond acceptors (Lipinski definition) is 6. The number of para-hydroxylation sites is 1. The zero-order chi connectivity index (χ0) is 23.7. The number of fused-ring (bicyclic) bond motifs is 1. The predicted molar refractivity (Wildman–Crippen MR) is 131 cm³/mol. The normalized spacial score (nSPS) is 11.1. The highest BCUT2D eigenvalue weighted by atomic mass is 32.1. The van der Waals surface area contributed by atoms with Crippen molar-refractivity contribution in [3.63, 3.8) is 0 Å². The van der Waals surface area contributed by atoms with Gasteiger partial charge in [-0.15, -0.1) is 11.3 Å². The first kappa shape index (κ1) is 22.7. The quantitative estimate of drug-likeness (QED) is 0.381. The number of nitrogens with zero attached hydrogens (tertiary/aromatic N) is 3. The molecular weight excluding hydrogens is 436 g/mol. The molecule has 1 amide bonds. The molecule has 4 rings (SSSR count). The van der Waals surface area contributed by atoms with E-state index in [0.717, 1.165) is 33.6 Å². The van der Waals surface area contributed by atoms with Crippen LogP contribution >= 0.6 is 11.3 Å². The van der Waals surface area contributed by atoms with E-state index in [1.165, 1.54) is 11.3 Å². The Morgan fingerprint density at radius 2 is 1.91 bits per heavy atom. The van der Waals surface area contributed by atoms with Gasteiger partial charge in [0.05, 0.1) is 35.1 Å². The van der Waals surface area contributed by atoms with Gasteiger partial charge < -0.3 is 10.1 Å². The van der Waals surface area contributed by atoms with Crippen molar-refractivity contribution in [3.8, 4) is 11.3 Å². The van der Waals surface area contributed by atoms with Gasteiger partial charge in [-0.3, -0.25) is 9.48 Å². The molecule has 0 aliphatic carbocycles. The fourth-order valence-corrected chi connectivity index (χ4v) is 4.90. The van der Waals surface area contributed by atoms with Crippen LogP contribution in [0.15, 0.2) is 36.5 Å². The largest absolute Gasteiger partial charge is 0.462 e. The maximum atomic E-state index is 13.5. The maximum absolute atomic E-state index is 13.5. The topological polar surface area (TPSA) is 86.1 Å². The van der Waals surface area contributed by atoms with Crippen LogP contribution in [0.3, 0.4) is 0 Å². The van der Waals surface area contributed by atoms with Crippen molar-refractivity contribution < 1.29 is 14.3 Å². The summed E-state index contributed by atoms with van der Waals surface area (Å²) in [5.41, 5.74) is 4.97. The Morgan fingerprint density at radius 3 is 2.61 bits per heavy atom. The highest BCUT2D eigenvalue weighted by molar-refractivity contribution is 7.16. The summed E-state index contributed by atoms with van der Waals surface area (Å²) in [4.78, 5) is 31.8.